The summed E-state index contributed by atoms with van der Waals surface area (Å²) >= 11 is 3.48. The molecule has 0 amide bonds. The molecule has 0 bridgehead atoms. The van der Waals surface area contributed by atoms with Gasteiger partial charge in [0.2, 0.25) is 0 Å². The van der Waals surface area contributed by atoms with Crippen molar-refractivity contribution < 1.29 is 0 Å². The Morgan fingerprint density at radius 1 is 1.29 bits per heavy atom. The van der Waals surface area contributed by atoms with E-state index in [-0.39, 0.29) is 0 Å². The molecule has 0 aliphatic heterocycles. The smallest absolute Gasteiger partial charge is 0.0410 e. The Kier molecular flexibility index (Phi) is 6.14. The van der Waals surface area contributed by atoms with Crippen LogP contribution in [0.5, 0.6) is 0 Å². The van der Waals surface area contributed by atoms with Crippen molar-refractivity contribution in [3.8, 4) is 0 Å². The molecule has 1 aromatic rings. The molecule has 1 aromatic heterocycles. The minimum absolute atomic E-state index is 0.541. The van der Waals surface area contributed by atoms with Gasteiger partial charge in [0.05, 0.1) is 0 Å². The van der Waals surface area contributed by atoms with Crippen LogP contribution in [0.15, 0.2) is 22.9 Å². The molecule has 1 rings (SSSR count). The summed E-state index contributed by atoms with van der Waals surface area (Å²) in [6, 6.07) is 2.71. The predicted molar refractivity (Wildman–Crippen MR) is 77.1 cm³/mol. The molecule has 0 aromatic carbocycles. The Labute approximate surface area is 113 Å². The molecule has 0 radical (unpaired) electrons. The second-order valence-electron chi connectivity index (χ2n) is 4.97. The number of halogens is 1. The number of hydrogen-bond donors (Lipinski definition) is 1. The lowest BCUT2D eigenvalue weighted by molar-refractivity contribution is 0.292. The summed E-state index contributed by atoms with van der Waals surface area (Å²) in [5, 5.41) is 3.53. The first-order chi connectivity index (χ1) is 8.04. The topological polar surface area (TPSA) is 24.9 Å². The number of nitrogens with zero attached hydrogens (tertiary/aromatic N) is 1. The summed E-state index contributed by atoms with van der Waals surface area (Å²) in [6.07, 6.45) is 4.89. The van der Waals surface area contributed by atoms with E-state index in [4.69, 9.17) is 0 Å². The van der Waals surface area contributed by atoms with Crippen LogP contribution < -0.4 is 5.32 Å². The summed E-state index contributed by atoms with van der Waals surface area (Å²) in [6.45, 7) is 10.1. The fourth-order valence-electron chi connectivity index (χ4n) is 2.30. The van der Waals surface area contributed by atoms with E-state index in [1.54, 1.807) is 0 Å². The maximum atomic E-state index is 4.23. The zero-order chi connectivity index (χ0) is 12.8. The second kappa shape index (κ2) is 7.12. The molecule has 2 nitrogen and oxygen atoms in total. The minimum Gasteiger partial charge on any atom is -0.314 e. The second-order valence-corrected chi connectivity index (χ2v) is 5.89. The van der Waals surface area contributed by atoms with Gasteiger partial charge in [-0.25, -0.2) is 0 Å². The van der Waals surface area contributed by atoms with Crippen LogP contribution in [0.25, 0.3) is 0 Å². The highest BCUT2D eigenvalue weighted by atomic mass is 79.9. The molecule has 0 saturated heterocycles. The maximum absolute atomic E-state index is 4.23. The number of nitrogens with one attached hydrogen (secondary N) is 1. The van der Waals surface area contributed by atoms with Crippen LogP contribution in [0.1, 0.15) is 33.3 Å². The lowest BCUT2D eigenvalue weighted by Crippen LogP contribution is -2.37. The van der Waals surface area contributed by atoms with Gasteiger partial charge in [-0.3, -0.25) is 4.98 Å². The Hall–Kier alpha value is -0.410. The normalized spacial score (nSPS) is 14.9. The van der Waals surface area contributed by atoms with Gasteiger partial charge in [0.15, 0.2) is 0 Å². The van der Waals surface area contributed by atoms with Gasteiger partial charge in [-0.05, 0) is 59.3 Å². The molecule has 0 aliphatic carbocycles. The summed E-state index contributed by atoms with van der Waals surface area (Å²) in [5.74, 6) is 1.31. The Bertz CT molecular complexity index is 339. The monoisotopic (exact) mass is 298 g/mol. The zero-order valence-electron chi connectivity index (χ0n) is 11.2. The molecular weight excluding hydrogens is 276 g/mol. The van der Waals surface area contributed by atoms with Crippen molar-refractivity contribution in [2.45, 2.75) is 40.2 Å². The van der Waals surface area contributed by atoms with Gasteiger partial charge >= 0.3 is 0 Å². The van der Waals surface area contributed by atoms with Gasteiger partial charge in [-0.15, -0.1) is 0 Å². The average molecular weight is 299 g/mol. The average Bonchev–Trinajstić information content (AvgIpc) is 2.26. The van der Waals surface area contributed by atoms with E-state index in [9.17, 15) is 0 Å². The molecule has 0 saturated carbocycles. The van der Waals surface area contributed by atoms with Crippen molar-refractivity contribution in [2.24, 2.45) is 11.8 Å². The Morgan fingerprint density at radius 2 is 2.00 bits per heavy atom. The Morgan fingerprint density at radius 3 is 2.53 bits per heavy atom. The molecule has 96 valence electrons. The van der Waals surface area contributed by atoms with E-state index in [1.165, 1.54) is 5.56 Å². The van der Waals surface area contributed by atoms with E-state index in [0.29, 0.717) is 17.9 Å². The van der Waals surface area contributed by atoms with Crippen LogP contribution in [-0.4, -0.2) is 17.6 Å². The van der Waals surface area contributed by atoms with Crippen molar-refractivity contribution in [2.75, 3.05) is 6.54 Å². The van der Waals surface area contributed by atoms with Crippen LogP contribution in [-0.2, 0) is 6.42 Å². The molecule has 0 aliphatic rings. The minimum atomic E-state index is 0.541. The fourth-order valence-corrected chi connectivity index (χ4v) is 2.72. The quantitative estimate of drug-likeness (QED) is 0.867. The SMILES string of the molecule is CCNC(C)C(Cc1cncc(Br)c1)C(C)C. The van der Waals surface area contributed by atoms with E-state index >= 15 is 0 Å². The highest BCUT2D eigenvalue weighted by Crippen LogP contribution is 2.22. The maximum Gasteiger partial charge on any atom is 0.0410 e. The Balaban J connectivity index is 2.73. The first-order valence-electron chi connectivity index (χ1n) is 6.37. The van der Waals surface area contributed by atoms with Gasteiger partial charge in [0, 0.05) is 22.9 Å². The third kappa shape index (κ3) is 4.76. The molecule has 2 unspecified atom stereocenters. The number of aromatic nitrogens is 1. The van der Waals surface area contributed by atoms with E-state index in [2.05, 4.69) is 60.0 Å². The van der Waals surface area contributed by atoms with Crippen molar-refractivity contribution in [1.29, 1.82) is 0 Å². The fraction of sp³-hybridized carbons (Fsp3) is 0.643. The molecule has 1 N–H and O–H groups in total. The van der Waals surface area contributed by atoms with Crippen LogP contribution in [0.2, 0.25) is 0 Å². The first kappa shape index (κ1) is 14.7. The molecule has 0 spiro atoms. The van der Waals surface area contributed by atoms with Crippen LogP contribution in [0.3, 0.4) is 0 Å². The van der Waals surface area contributed by atoms with Crippen LogP contribution in [0, 0.1) is 11.8 Å². The van der Waals surface area contributed by atoms with Crippen LogP contribution >= 0.6 is 15.9 Å². The molecule has 2 atom stereocenters. The predicted octanol–water partition coefficient (Wildman–Crippen LogP) is 3.66. The summed E-state index contributed by atoms with van der Waals surface area (Å²) in [7, 11) is 0. The lowest BCUT2D eigenvalue weighted by atomic mass is 9.84. The first-order valence-corrected chi connectivity index (χ1v) is 7.16. The standard InChI is InChI=1S/C14H23BrN2/c1-5-17-11(4)14(10(2)3)7-12-6-13(15)9-16-8-12/h6,8-11,14,17H,5,7H2,1-4H3. The highest BCUT2D eigenvalue weighted by Gasteiger charge is 2.20. The third-order valence-electron chi connectivity index (χ3n) is 3.26. The number of rotatable bonds is 6. The van der Waals surface area contributed by atoms with Crippen molar-refractivity contribution >= 4 is 15.9 Å². The zero-order valence-corrected chi connectivity index (χ0v) is 12.8. The van der Waals surface area contributed by atoms with Gasteiger partial charge in [0.25, 0.3) is 0 Å². The van der Waals surface area contributed by atoms with Crippen molar-refractivity contribution in [3.05, 3.63) is 28.5 Å². The van der Waals surface area contributed by atoms with Crippen molar-refractivity contribution in [3.63, 3.8) is 0 Å². The van der Waals surface area contributed by atoms with Gasteiger partial charge < -0.3 is 5.32 Å². The van der Waals surface area contributed by atoms with Gasteiger partial charge in [-0.2, -0.15) is 0 Å². The molecule has 17 heavy (non-hydrogen) atoms. The highest BCUT2D eigenvalue weighted by molar-refractivity contribution is 9.10. The van der Waals surface area contributed by atoms with E-state index < -0.39 is 0 Å². The van der Waals surface area contributed by atoms with Gasteiger partial charge in [-0.1, -0.05) is 20.8 Å². The summed E-state index contributed by atoms with van der Waals surface area (Å²) < 4.78 is 1.06. The number of pyridine rings is 1. The number of hydrogen-bond acceptors (Lipinski definition) is 2. The third-order valence-corrected chi connectivity index (χ3v) is 3.69. The summed E-state index contributed by atoms with van der Waals surface area (Å²) in [4.78, 5) is 4.23. The van der Waals surface area contributed by atoms with E-state index in [0.717, 1.165) is 17.4 Å². The largest absolute Gasteiger partial charge is 0.314 e. The molecule has 3 heteroatoms. The molecular formula is C14H23BrN2. The molecule has 0 fully saturated rings. The van der Waals surface area contributed by atoms with E-state index in [1.807, 2.05) is 12.4 Å². The molecule has 1 heterocycles. The summed E-state index contributed by atoms with van der Waals surface area (Å²) in [5.41, 5.74) is 1.31. The lowest BCUT2D eigenvalue weighted by Gasteiger charge is -2.28. The van der Waals surface area contributed by atoms with Gasteiger partial charge in [0.1, 0.15) is 0 Å². The van der Waals surface area contributed by atoms with Crippen molar-refractivity contribution in [1.82, 2.24) is 10.3 Å². The van der Waals surface area contributed by atoms with Crippen LogP contribution in [0.4, 0.5) is 0 Å².